The number of carboxylic acid groups (broad SMARTS) is 1. The Morgan fingerprint density at radius 2 is 2.13 bits per heavy atom. The van der Waals surface area contributed by atoms with Crippen LogP contribution in [0.25, 0.3) is 0 Å². The first kappa shape index (κ1) is 11.7. The summed E-state index contributed by atoms with van der Waals surface area (Å²) in [6.45, 7) is 0. The highest BCUT2D eigenvalue weighted by molar-refractivity contribution is 7.91. The van der Waals surface area contributed by atoms with E-state index in [-0.39, 0.29) is 10.5 Å². The van der Waals surface area contributed by atoms with Crippen molar-refractivity contribution in [3.8, 4) is 0 Å². The van der Waals surface area contributed by atoms with Gasteiger partial charge in [-0.25, -0.2) is 13.2 Å². The maximum atomic E-state index is 11.5. The molecule has 6 heteroatoms. The lowest BCUT2D eigenvalue weighted by Crippen LogP contribution is -2.09. The molecule has 0 amide bonds. The van der Waals surface area contributed by atoms with E-state index in [4.69, 9.17) is 5.11 Å². The first-order chi connectivity index (χ1) is 6.97. The average molecular weight is 230 g/mol. The van der Waals surface area contributed by atoms with Crippen LogP contribution in [0.4, 0.5) is 0 Å². The Labute approximate surface area is 87.2 Å². The van der Waals surface area contributed by atoms with Crippen LogP contribution in [0.15, 0.2) is 29.2 Å². The number of carboxylic acids is 1. The van der Waals surface area contributed by atoms with E-state index in [1.807, 2.05) is 0 Å². The van der Waals surface area contributed by atoms with E-state index in [1.54, 1.807) is 0 Å². The van der Waals surface area contributed by atoms with Gasteiger partial charge in [0.1, 0.15) is 0 Å². The fourth-order valence-corrected chi connectivity index (χ4v) is 2.08. The van der Waals surface area contributed by atoms with Gasteiger partial charge >= 0.3 is 5.97 Å². The quantitative estimate of drug-likeness (QED) is 0.826. The summed E-state index contributed by atoms with van der Waals surface area (Å²) in [5.41, 5.74) is -0.0628. The highest BCUT2D eigenvalue weighted by Gasteiger charge is 2.15. The molecule has 0 saturated carbocycles. The highest BCUT2D eigenvalue weighted by Crippen LogP contribution is 2.13. The van der Waals surface area contributed by atoms with Gasteiger partial charge in [-0.1, -0.05) is 6.07 Å². The van der Waals surface area contributed by atoms with E-state index in [0.717, 1.165) is 6.07 Å². The summed E-state index contributed by atoms with van der Waals surface area (Å²) >= 11 is 0. The van der Waals surface area contributed by atoms with Crippen molar-refractivity contribution in [3.05, 3.63) is 29.8 Å². The SMILES string of the molecule is COCS(=O)(=O)c1cccc(C(=O)O)c1. The van der Waals surface area contributed by atoms with Gasteiger partial charge in [-0.15, -0.1) is 0 Å². The number of hydrogen-bond acceptors (Lipinski definition) is 4. The molecule has 0 aliphatic rings. The van der Waals surface area contributed by atoms with E-state index in [2.05, 4.69) is 4.74 Å². The molecule has 0 bridgehead atoms. The maximum Gasteiger partial charge on any atom is 0.335 e. The molecule has 0 fully saturated rings. The first-order valence-corrected chi connectivity index (χ1v) is 5.67. The average Bonchev–Trinajstić information content (AvgIpc) is 2.18. The fourth-order valence-electron chi connectivity index (χ4n) is 1.05. The Balaban J connectivity index is 3.16. The van der Waals surface area contributed by atoms with Crippen molar-refractivity contribution in [2.45, 2.75) is 4.90 Å². The molecule has 0 atom stereocenters. The van der Waals surface area contributed by atoms with Crippen LogP contribution in [-0.4, -0.2) is 32.5 Å². The van der Waals surface area contributed by atoms with Crippen molar-refractivity contribution in [2.75, 3.05) is 13.0 Å². The van der Waals surface area contributed by atoms with Gasteiger partial charge in [0, 0.05) is 7.11 Å². The Morgan fingerprint density at radius 3 is 2.67 bits per heavy atom. The van der Waals surface area contributed by atoms with E-state index >= 15 is 0 Å². The molecule has 5 nitrogen and oxygen atoms in total. The van der Waals surface area contributed by atoms with Crippen LogP contribution in [0.3, 0.4) is 0 Å². The topological polar surface area (TPSA) is 80.7 Å². The number of aromatic carboxylic acids is 1. The number of benzene rings is 1. The highest BCUT2D eigenvalue weighted by atomic mass is 32.2. The number of carbonyl (C=O) groups is 1. The molecule has 82 valence electrons. The van der Waals surface area contributed by atoms with Gasteiger partial charge in [0.05, 0.1) is 10.5 Å². The Kier molecular flexibility index (Phi) is 3.43. The second-order valence-electron chi connectivity index (χ2n) is 2.85. The van der Waals surface area contributed by atoms with E-state index < -0.39 is 21.7 Å². The maximum absolute atomic E-state index is 11.5. The fraction of sp³-hybridized carbons (Fsp3) is 0.222. The molecule has 0 heterocycles. The van der Waals surface area contributed by atoms with Crippen molar-refractivity contribution in [2.24, 2.45) is 0 Å². The summed E-state index contributed by atoms with van der Waals surface area (Å²) < 4.78 is 27.5. The molecule has 0 spiro atoms. The van der Waals surface area contributed by atoms with E-state index in [9.17, 15) is 13.2 Å². The van der Waals surface area contributed by atoms with Gasteiger partial charge < -0.3 is 9.84 Å². The zero-order chi connectivity index (χ0) is 11.5. The summed E-state index contributed by atoms with van der Waals surface area (Å²) in [7, 11) is -2.29. The smallest absolute Gasteiger partial charge is 0.335 e. The van der Waals surface area contributed by atoms with Crippen LogP contribution in [0.1, 0.15) is 10.4 Å². The van der Waals surface area contributed by atoms with Crippen LogP contribution < -0.4 is 0 Å². The molecular weight excluding hydrogens is 220 g/mol. The van der Waals surface area contributed by atoms with Crippen LogP contribution >= 0.6 is 0 Å². The van der Waals surface area contributed by atoms with Gasteiger partial charge in [-0.2, -0.15) is 0 Å². The number of hydrogen-bond donors (Lipinski definition) is 1. The monoisotopic (exact) mass is 230 g/mol. The zero-order valence-corrected chi connectivity index (χ0v) is 8.82. The molecule has 0 aliphatic heterocycles. The Bertz CT molecular complexity index is 463. The molecule has 0 saturated heterocycles. The lowest BCUT2D eigenvalue weighted by Gasteiger charge is -2.03. The van der Waals surface area contributed by atoms with Crippen LogP contribution in [-0.2, 0) is 14.6 Å². The third kappa shape index (κ3) is 2.77. The summed E-state index contributed by atoms with van der Waals surface area (Å²) in [4.78, 5) is 10.6. The second kappa shape index (κ2) is 4.41. The summed E-state index contributed by atoms with van der Waals surface area (Å²) in [5.74, 6) is -1.62. The van der Waals surface area contributed by atoms with Gasteiger partial charge in [0.2, 0.25) is 9.84 Å². The van der Waals surface area contributed by atoms with Crippen LogP contribution in [0.2, 0.25) is 0 Å². The predicted molar refractivity (Wildman–Crippen MR) is 52.5 cm³/mol. The minimum atomic E-state index is -3.55. The normalized spacial score (nSPS) is 11.3. The molecule has 0 aromatic heterocycles. The lowest BCUT2D eigenvalue weighted by molar-refractivity contribution is 0.0696. The first-order valence-electron chi connectivity index (χ1n) is 4.02. The molecule has 0 radical (unpaired) electrons. The number of ether oxygens (including phenoxy) is 1. The molecule has 1 aromatic rings. The Morgan fingerprint density at radius 1 is 1.47 bits per heavy atom. The van der Waals surface area contributed by atoms with Crippen molar-refractivity contribution in [1.29, 1.82) is 0 Å². The third-order valence-electron chi connectivity index (χ3n) is 1.71. The van der Waals surface area contributed by atoms with Crippen molar-refractivity contribution >= 4 is 15.8 Å². The van der Waals surface area contributed by atoms with E-state index in [0.29, 0.717) is 0 Å². The predicted octanol–water partition coefficient (Wildman–Crippen LogP) is 0.762. The molecule has 0 unspecified atom stereocenters. The minimum absolute atomic E-state index is 0.0516. The molecule has 1 aromatic carbocycles. The van der Waals surface area contributed by atoms with E-state index in [1.165, 1.54) is 25.3 Å². The van der Waals surface area contributed by atoms with Crippen molar-refractivity contribution in [1.82, 2.24) is 0 Å². The summed E-state index contributed by atoms with van der Waals surface area (Å²) in [5, 5.41) is 8.68. The lowest BCUT2D eigenvalue weighted by atomic mass is 10.2. The van der Waals surface area contributed by atoms with Gasteiger partial charge in [-0.05, 0) is 18.2 Å². The molecule has 15 heavy (non-hydrogen) atoms. The molecular formula is C9H10O5S. The number of methoxy groups -OCH3 is 1. The Hall–Kier alpha value is -1.40. The standard InChI is InChI=1S/C9H10O5S/c1-14-6-15(12,13)8-4-2-3-7(5-8)9(10)11/h2-5H,6H2,1H3,(H,10,11). The largest absolute Gasteiger partial charge is 0.478 e. The molecule has 1 rings (SSSR count). The van der Waals surface area contributed by atoms with Gasteiger partial charge in [-0.3, -0.25) is 0 Å². The second-order valence-corrected chi connectivity index (χ2v) is 4.79. The summed E-state index contributed by atoms with van der Waals surface area (Å²) in [6.07, 6.45) is 0. The van der Waals surface area contributed by atoms with Crippen molar-refractivity contribution < 1.29 is 23.1 Å². The number of sulfone groups is 1. The zero-order valence-electron chi connectivity index (χ0n) is 8.00. The third-order valence-corrected chi connectivity index (χ3v) is 3.23. The number of rotatable bonds is 4. The minimum Gasteiger partial charge on any atom is -0.478 e. The summed E-state index contributed by atoms with van der Waals surface area (Å²) in [6, 6.07) is 5.15. The molecule has 0 aliphatic carbocycles. The van der Waals surface area contributed by atoms with Crippen LogP contribution in [0, 0.1) is 0 Å². The molecule has 1 N–H and O–H groups in total. The van der Waals surface area contributed by atoms with Crippen molar-refractivity contribution in [3.63, 3.8) is 0 Å². The van der Waals surface area contributed by atoms with Gasteiger partial charge in [0.25, 0.3) is 0 Å². The van der Waals surface area contributed by atoms with Crippen LogP contribution in [0.5, 0.6) is 0 Å². The van der Waals surface area contributed by atoms with Gasteiger partial charge in [0.15, 0.2) is 5.94 Å².